The maximum Gasteiger partial charge on any atom is 0.223 e. The Kier molecular flexibility index (Phi) is 5.28. The van der Waals surface area contributed by atoms with Crippen LogP contribution in [-0.2, 0) is 9.59 Å². The van der Waals surface area contributed by atoms with Crippen molar-refractivity contribution >= 4 is 22.8 Å². The summed E-state index contributed by atoms with van der Waals surface area (Å²) in [7, 11) is 1.64. The highest BCUT2D eigenvalue weighted by Gasteiger charge is 2.33. The van der Waals surface area contributed by atoms with E-state index in [-0.39, 0.29) is 23.0 Å². The first kappa shape index (κ1) is 15.9. The monoisotopic (exact) mass is 307 g/mol. The molecule has 0 spiro atoms. The minimum absolute atomic E-state index is 0.0277. The molecule has 21 heavy (non-hydrogen) atoms. The second-order valence-corrected chi connectivity index (χ2v) is 6.57. The molecule has 114 valence electrons. The van der Waals surface area contributed by atoms with Crippen LogP contribution in [0.15, 0.2) is 24.3 Å². The minimum atomic E-state index is 0.0277. The molecule has 0 saturated carbocycles. The van der Waals surface area contributed by atoms with E-state index in [0.717, 1.165) is 23.6 Å². The number of methoxy groups -OCH3 is 1. The van der Waals surface area contributed by atoms with Gasteiger partial charge >= 0.3 is 0 Å². The van der Waals surface area contributed by atoms with Gasteiger partial charge in [0.15, 0.2) is 5.12 Å². The first-order valence-electron chi connectivity index (χ1n) is 7.08. The third-order valence-electron chi connectivity index (χ3n) is 3.80. The van der Waals surface area contributed by atoms with Gasteiger partial charge in [0.1, 0.15) is 5.75 Å². The number of hydrogen-bond donors (Lipinski definition) is 0. The number of carbonyl (C=O) groups is 2. The van der Waals surface area contributed by atoms with Crippen molar-refractivity contribution in [2.75, 3.05) is 19.4 Å². The van der Waals surface area contributed by atoms with E-state index in [4.69, 9.17) is 4.74 Å². The molecule has 2 rings (SSSR count). The van der Waals surface area contributed by atoms with Gasteiger partial charge in [0, 0.05) is 25.6 Å². The van der Waals surface area contributed by atoms with E-state index in [2.05, 4.69) is 0 Å². The van der Waals surface area contributed by atoms with E-state index in [9.17, 15) is 9.59 Å². The maximum atomic E-state index is 12.2. The lowest BCUT2D eigenvalue weighted by Crippen LogP contribution is -2.28. The molecule has 0 N–H and O–H groups in total. The fourth-order valence-corrected chi connectivity index (χ4v) is 3.30. The van der Waals surface area contributed by atoms with Crippen molar-refractivity contribution in [1.29, 1.82) is 0 Å². The van der Waals surface area contributed by atoms with Crippen LogP contribution in [0.3, 0.4) is 0 Å². The van der Waals surface area contributed by atoms with Crippen LogP contribution in [0, 0.1) is 5.92 Å². The van der Waals surface area contributed by atoms with Gasteiger partial charge in [-0.05, 0) is 30.5 Å². The summed E-state index contributed by atoms with van der Waals surface area (Å²) in [5, 5.41) is 0.113. The summed E-state index contributed by atoms with van der Waals surface area (Å²) in [6.45, 7) is 4.32. The summed E-state index contributed by atoms with van der Waals surface area (Å²) < 4.78 is 5.24. The van der Waals surface area contributed by atoms with Gasteiger partial charge in [-0.1, -0.05) is 23.9 Å². The van der Waals surface area contributed by atoms with Gasteiger partial charge in [-0.15, -0.1) is 0 Å². The number of benzene rings is 1. The van der Waals surface area contributed by atoms with Crippen LogP contribution in [0.2, 0.25) is 0 Å². The lowest BCUT2D eigenvalue weighted by Gasteiger charge is -2.25. The fourth-order valence-electron chi connectivity index (χ4n) is 2.61. The van der Waals surface area contributed by atoms with Crippen molar-refractivity contribution in [1.82, 2.24) is 4.90 Å². The van der Waals surface area contributed by atoms with Crippen molar-refractivity contribution in [2.24, 2.45) is 5.92 Å². The lowest BCUT2D eigenvalue weighted by molar-refractivity contribution is -0.129. The smallest absolute Gasteiger partial charge is 0.223 e. The maximum absolute atomic E-state index is 12.2. The van der Waals surface area contributed by atoms with Crippen LogP contribution in [0.1, 0.15) is 31.9 Å². The predicted octanol–water partition coefficient (Wildman–Crippen LogP) is 2.88. The molecule has 1 amide bonds. The van der Waals surface area contributed by atoms with Crippen molar-refractivity contribution in [3.05, 3.63) is 29.8 Å². The Balaban J connectivity index is 2.03. The van der Waals surface area contributed by atoms with Gasteiger partial charge in [0.2, 0.25) is 5.91 Å². The van der Waals surface area contributed by atoms with Crippen LogP contribution < -0.4 is 4.74 Å². The van der Waals surface area contributed by atoms with Gasteiger partial charge in [-0.25, -0.2) is 0 Å². The standard InChI is InChI=1S/C16H21NO3S/c1-11(14-5-4-6-15(8-14)20-3)17-9-13(7-16(17)19)10-21-12(2)18/h4-6,8,11,13H,7,9-10H2,1-3H3. The highest BCUT2D eigenvalue weighted by atomic mass is 32.2. The average Bonchev–Trinajstić information content (AvgIpc) is 2.85. The second-order valence-electron chi connectivity index (χ2n) is 5.37. The van der Waals surface area contributed by atoms with E-state index in [0.29, 0.717) is 6.42 Å². The van der Waals surface area contributed by atoms with Crippen LogP contribution in [0.4, 0.5) is 0 Å². The van der Waals surface area contributed by atoms with Crippen LogP contribution in [0.5, 0.6) is 5.75 Å². The van der Waals surface area contributed by atoms with Gasteiger partial charge < -0.3 is 9.64 Å². The molecule has 1 saturated heterocycles. The molecule has 0 aromatic heterocycles. The van der Waals surface area contributed by atoms with E-state index < -0.39 is 0 Å². The first-order valence-corrected chi connectivity index (χ1v) is 8.06. The molecular weight excluding hydrogens is 286 g/mol. The molecule has 2 atom stereocenters. The van der Waals surface area contributed by atoms with Crippen LogP contribution >= 0.6 is 11.8 Å². The number of likely N-dealkylation sites (tertiary alicyclic amines) is 1. The number of amides is 1. The Labute approximate surface area is 129 Å². The summed E-state index contributed by atoms with van der Waals surface area (Å²) in [5.41, 5.74) is 1.07. The largest absolute Gasteiger partial charge is 0.497 e. The van der Waals surface area contributed by atoms with E-state index >= 15 is 0 Å². The molecule has 0 radical (unpaired) electrons. The average molecular weight is 307 g/mol. The molecule has 1 aliphatic rings. The summed E-state index contributed by atoms with van der Waals surface area (Å²) in [6.07, 6.45) is 0.536. The lowest BCUT2D eigenvalue weighted by atomic mass is 10.1. The van der Waals surface area contributed by atoms with E-state index in [1.54, 1.807) is 14.0 Å². The number of carbonyl (C=O) groups excluding carboxylic acids is 2. The number of ether oxygens (including phenoxy) is 1. The third kappa shape index (κ3) is 4.00. The summed E-state index contributed by atoms with van der Waals surface area (Å²) in [6, 6.07) is 7.84. The molecule has 1 aromatic carbocycles. The zero-order chi connectivity index (χ0) is 15.4. The normalized spacial score (nSPS) is 19.7. The number of rotatable bonds is 5. The number of hydrogen-bond acceptors (Lipinski definition) is 4. The highest BCUT2D eigenvalue weighted by Crippen LogP contribution is 2.31. The molecule has 5 heteroatoms. The zero-order valence-electron chi connectivity index (χ0n) is 12.7. The van der Waals surface area contributed by atoms with Gasteiger partial charge in [-0.3, -0.25) is 9.59 Å². The summed E-state index contributed by atoms with van der Waals surface area (Å²) in [5.74, 6) is 1.95. The Morgan fingerprint density at radius 3 is 2.95 bits per heavy atom. The summed E-state index contributed by atoms with van der Waals surface area (Å²) in [4.78, 5) is 25.1. The molecule has 4 nitrogen and oxygen atoms in total. The summed E-state index contributed by atoms with van der Waals surface area (Å²) >= 11 is 1.31. The molecule has 2 unspecified atom stereocenters. The van der Waals surface area contributed by atoms with Gasteiger partial charge in [0.05, 0.1) is 13.2 Å². The predicted molar refractivity (Wildman–Crippen MR) is 84.4 cm³/mol. The topological polar surface area (TPSA) is 46.6 Å². The zero-order valence-corrected chi connectivity index (χ0v) is 13.5. The number of nitrogens with zero attached hydrogens (tertiary/aromatic N) is 1. The second kappa shape index (κ2) is 6.98. The van der Waals surface area contributed by atoms with Crippen LogP contribution in [-0.4, -0.2) is 35.3 Å². The van der Waals surface area contributed by atoms with Gasteiger partial charge in [0.25, 0.3) is 0 Å². The molecule has 0 aliphatic carbocycles. The molecule has 1 aliphatic heterocycles. The van der Waals surface area contributed by atoms with Crippen LogP contribution in [0.25, 0.3) is 0 Å². The molecule has 1 aromatic rings. The fraction of sp³-hybridized carbons (Fsp3) is 0.500. The van der Waals surface area contributed by atoms with Crippen molar-refractivity contribution in [3.8, 4) is 5.75 Å². The van der Waals surface area contributed by atoms with Crippen molar-refractivity contribution in [3.63, 3.8) is 0 Å². The highest BCUT2D eigenvalue weighted by molar-refractivity contribution is 8.13. The molecule has 0 bridgehead atoms. The van der Waals surface area contributed by atoms with Crippen molar-refractivity contribution in [2.45, 2.75) is 26.3 Å². The van der Waals surface area contributed by atoms with Gasteiger partial charge in [-0.2, -0.15) is 0 Å². The minimum Gasteiger partial charge on any atom is -0.497 e. The Morgan fingerprint density at radius 2 is 2.29 bits per heavy atom. The quantitative estimate of drug-likeness (QED) is 0.839. The Morgan fingerprint density at radius 1 is 1.52 bits per heavy atom. The molecule has 1 heterocycles. The van der Waals surface area contributed by atoms with E-state index in [1.807, 2.05) is 36.1 Å². The number of thioether (sulfide) groups is 1. The first-order chi connectivity index (χ1) is 10.0. The Hall–Kier alpha value is -1.49. The SMILES string of the molecule is COc1cccc(C(C)N2CC(CSC(C)=O)CC2=O)c1. The molecule has 1 fully saturated rings. The van der Waals surface area contributed by atoms with Crippen molar-refractivity contribution < 1.29 is 14.3 Å². The third-order valence-corrected chi connectivity index (χ3v) is 4.85. The molecular formula is C16H21NO3S. The van der Waals surface area contributed by atoms with E-state index in [1.165, 1.54) is 11.8 Å². The Bertz CT molecular complexity index is 532.